The van der Waals surface area contributed by atoms with Crippen LogP contribution in [-0.2, 0) is 0 Å². The molecule has 0 saturated carbocycles. The van der Waals surface area contributed by atoms with Crippen molar-refractivity contribution in [2.24, 2.45) is 5.73 Å². The van der Waals surface area contributed by atoms with E-state index in [0.29, 0.717) is 0 Å². The SMILES string of the molecule is CCCC(N)C(CO)Sc1nc2ccc(C)cc2[nH]1. The van der Waals surface area contributed by atoms with Crippen LogP contribution in [0.2, 0.25) is 0 Å². The number of aromatic amines is 1. The molecule has 1 aromatic heterocycles. The molecule has 0 bridgehead atoms. The Morgan fingerprint density at radius 2 is 2.26 bits per heavy atom. The summed E-state index contributed by atoms with van der Waals surface area (Å²) >= 11 is 1.53. The number of thioether (sulfide) groups is 1. The molecule has 0 radical (unpaired) electrons. The van der Waals surface area contributed by atoms with Gasteiger partial charge in [-0.3, -0.25) is 0 Å². The lowest BCUT2D eigenvalue weighted by Gasteiger charge is -2.19. The Labute approximate surface area is 117 Å². The predicted molar refractivity (Wildman–Crippen MR) is 80.4 cm³/mol. The molecule has 0 saturated heterocycles. The minimum atomic E-state index is -0.0124. The van der Waals surface area contributed by atoms with Crippen LogP contribution in [0.3, 0.4) is 0 Å². The van der Waals surface area contributed by atoms with E-state index in [9.17, 15) is 5.11 Å². The van der Waals surface area contributed by atoms with E-state index in [1.165, 1.54) is 17.3 Å². The molecule has 2 aromatic rings. The van der Waals surface area contributed by atoms with Crippen LogP contribution in [0.15, 0.2) is 23.4 Å². The zero-order valence-corrected chi connectivity index (χ0v) is 12.2. The molecule has 0 spiro atoms. The number of nitrogens with zero attached hydrogens (tertiary/aromatic N) is 1. The fourth-order valence-corrected chi connectivity index (χ4v) is 3.07. The Hall–Kier alpha value is -1.04. The zero-order chi connectivity index (χ0) is 13.8. The van der Waals surface area contributed by atoms with Crippen molar-refractivity contribution in [3.63, 3.8) is 0 Å². The van der Waals surface area contributed by atoms with Crippen LogP contribution in [0.1, 0.15) is 25.3 Å². The normalized spacial score (nSPS) is 14.7. The maximum absolute atomic E-state index is 9.46. The first kappa shape index (κ1) is 14.4. The van der Waals surface area contributed by atoms with Gasteiger partial charge >= 0.3 is 0 Å². The number of aryl methyl sites for hydroxylation is 1. The molecule has 1 aromatic carbocycles. The second-order valence-electron chi connectivity index (χ2n) is 4.85. The van der Waals surface area contributed by atoms with Gasteiger partial charge in [0.1, 0.15) is 0 Å². The second-order valence-corrected chi connectivity index (χ2v) is 6.08. The van der Waals surface area contributed by atoms with Gasteiger partial charge in [-0.05, 0) is 31.0 Å². The van der Waals surface area contributed by atoms with Crippen LogP contribution < -0.4 is 5.73 Å². The number of imidazole rings is 1. The highest BCUT2D eigenvalue weighted by atomic mass is 32.2. The van der Waals surface area contributed by atoms with E-state index in [0.717, 1.165) is 29.0 Å². The number of rotatable bonds is 6. The number of aliphatic hydroxyl groups excluding tert-OH is 1. The molecule has 0 amide bonds. The average Bonchev–Trinajstić information content (AvgIpc) is 2.77. The molecule has 5 heteroatoms. The van der Waals surface area contributed by atoms with E-state index < -0.39 is 0 Å². The van der Waals surface area contributed by atoms with E-state index in [4.69, 9.17) is 5.73 Å². The van der Waals surface area contributed by atoms with Gasteiger partial charge in [0, 0.05) is 6.04 Å². The summed E-state index contributed by atoms with van der Waals surface area (Å²) in [5, 5.41) is 10.3. The maximum Gasteiger partial charge on any atom is 0.166 e. The first-order valence-electron chi connectivity index (χ1n) is 6.63. The average molecular weight is 279 g/mol. The number of nitrogens with two attached hydrogens (primary N) is 1. The number of aromatic nitrogens is 2. The summed E-state index contributed by atoms with van der Waals surface area (Å²) in [6.45, 7) is 4.23. The monoisotopic (exact) mass is 279 g/mol. The van der Waals surface area contributed by atoms with Gasteiger partial charge in [-0.15, -0.1) is 0 Å². The van der Waals surface area contributed by atoms with Gasteiger partial charge in [-0.25, -0.2) is 4.98 Å². The molecule has 4 nitrogen and oxygen atoms in total. The maximum atomic E-state index is 9.46. The summed E-state index contributed by atoms with van der Waals surface area (Å²) in [4.78, 5) is 7.81. The zero-order valence-electron chi connectivity index (χ0n) is 11.4. The molecular weight excluding hydrogens is 258 g/mol. The molecule has 0 aliphatic carbocycles. The standard InChI is InChI=1S/C14H21N3OS/c1-3-4-10(15)13(8-18)19-14-16-11-6-5-9(2)7-12(11)17-14/h5-7,10,13,18H,3-4,8,15H2,1-2H3,(H,16,17). The third-order valence-electron chi connectivity index (χ3n) is 3.16. The van der Waals surface area contributed by atoms with E-state index >= 15 is 0 Å². The van der Waals surface area contributed by atoms with Crippen molar-refractivity contribution < 1.29 is 5.11 Å². The molecule has 2 unspecified atom stereocenters. The Balaban J connectivity index is 2.15. The van der Waals surface area contributed by atoms with Crippen molar-refractivity contribution in [3.8, 4) is 0 Å². The summed E-state index contributed by atoms with van der Waals surface area (Å²) in [6.07, 6.45) is 1.94. The first-order valence-corrected chi connectivity index (χ1v) is 7.51. The van der Waals surface area contributed by atoms with E-state index in [2.05, 4.69) is 29.9 Å². The lowest BCUT2D eigenvalue weighted by atomic mass is 10.1. The second kappa shape index (κ2) is 6.41. The Morgan fingerprint density at radius 3 is 2.95 bits per heavy atom. The number of aliphatic hydroxyl groups is 1. The van der Waals surface area contributed by atoms with E-state index in [1.807, 2.05) is 12.1 Å². The number of fused-ring (bicyclic) bond motifs is 1. The lowest BCUT2D eigenvalue weighted by Crippen LogP contribution is -2.34. The highest BCUT2D eigenvalue weighted by Gasteiger charge is 2.19. The van der Waals surface area contributed by atoms with Crippen molar-refractivity contribution in [2.45, 2.75) is 43.1 Å². The molecule has 1 heterocycles. The summed E-state index contributed by atoms with van der Waals surface area (Å²) in [7, 11) is 0. The van der Waals surface area contributed by atoms with Crippen molar-refractivity contribution in [1.82, 2.24) is 9.97 Å². The van der Waals surface area contributed by atoms with Crippen molar-refractivity contribution >= 4 is 22.8 Å². The van der Waals surface area contributed by atoms with Gasteiger partial charge in [0.2, 0.25) is 0 Å². The number of benzene rings is 1. The first-order chi connectivity index (χ1) is 9.13. The lowest BCUT2D eigenvalue weighted by molar-refractivity contribution is 0.279. The summed E-state index contributed by atoms with van der Waals surface area (Å²) < 4.78 is 0. The van der Waals surface area contributed by atoms with Crippen LogP contribution in [0.4, 0.5) is 0 Å². The van der Waals surface area contributed by atoms with Crippen LogP contribution in [0.5, 0.6) is 0 Å². The fourth-order valence-electron chi connectivity index (χ4n) is 2.08. The topological polar surface area (TPSA) is 74.9 Å². The molecular formula is C14H21N3OS. The predicted octanol–water partition coefficient (Wildman–Crippen LogP) is 2.45. The van der Waals surface area contributed by atoms with Gasteiger partial charge in [0.15, 0.2) is 5.16 Å². The van der Waals surface area contributed by atoms with Crippen LogP contribution >= 0.6 is 11.8 Å². The van der Waals surface area contributed by atoms with Crippen molar-refractivity contribution in [3.05, 3.63) is 23.8 Å². The fraction of sp³-hybridized carbons (Fsp3) is 0.500. The molecule has 0 aliphatic rings. The van der Waals surface area contributed by atoms with Crippen LogP contribution in [-0.4, -0.2) is 33.0 Å². The van der Waals surface area contributed by atoms with Crippen molar-refractivity contribution in [2.75, 3.05) is 6.61 Å². The Morgan fingerprint density at radius 1 is 1.47 bits per heavy atom. The Bertz CT molecular complexity index is 540. The highest BCUT2D eigenvalue weighted by Crippen LogP contribution is 2.26. The smallest absolute Gasteiger partial charge is 0.166 e. The van der Waals surface area contributed by atoms with Crippen LogP contribution in [0, 0.1) is 6.92 Å². The van der Waals surface area contributed by atoms with E-state index in [1.54, 1.807) is 0 Å². The minimum absolute atomic E-state index is 0.00468. The highest BCUT2D eigenvalue weighted by molar-refractivity contribution is 7.99. The number of hydrogen-bond donors (Lipinski definition) is 3. The summed E-state index contributed by atoms with van der Waals surface area (Å²) in [5.74, 6) is 0. The van der Waals surface area contributed by atoms with Crippen LogP contribution in [0.25, 0.3) is 11.0 Å². The molecule has 0 aliphatic heterocycles. The summed E-state index contributed by atoms with van der Waals surface area (Å²) in [5.41, 5.74) is 9.27. The van der Waals surface area contributed by atoms with Gasteiger partial charge in [0.25, 0.3) is 0 Å². The third kappa shape index (κ3) is 3.49. The minimum Gasteiger partial charge on any atom is -0.395 e. The molecule has 0 fully saturated rings. The Kier molecular flexibility index (Phi) is 4.85. The molecule has 4 N–H and O–H groups in total. The number of H-pyrrole nitrogens is 1. The largest absolute Gasteiger partial charge is 0.395 e. The number of hydrogen-bond acceptors (Lipinski definition) is 4. The van der Waals surface area contributed by atoms with Crippen molar-refractivity contribution in [1.29, 1.82) is 0 Å². The van der Waals surface area contributed by atoms with Gasteiger partial charge in [-0.1, -0.05) is 31.2 Å². The third-order valence-corrected chi connectivity index (χ3v) is 4.38. The van der Waals surface area contributed by atoms with E-state index in [-0.39, 0.29) is 17.9 Å². The molecule has 19 heavy (non-hydrogen) atoms. The quantitative estimate of drug-likeness (QED) is 0.710. The summed E-state index contributed by atoms with van der Waals surface area (Å²) in [6, 6.07) is 6.12. The number of nitrogens with one attached hydrogen (secondary N) is 1. The van der Waals surface area contributed by atoms with Gasteiger partial charge in [0.05, 0.1) is 22.9 Å². The molecule has 2 atom stereocenters. The molecule has 2 rings (SSSR count). The molecule has 104 valence electrons. The van der Waals surface area contributed by atoms with Gasteiger partial charge < -0.3 is 15.8 Å². The van der Waals surface area contributed by atoms with Gasteiger partial charge in [-0.2, -0.15) is 0 Å².